The molecule has 9 nitrogen and oxygen atoms in total. The number of nitrogens with one attached hydrogen (secondary N) is 2. The maximum atomic E-state index is 12.0. The van der Waals surface area contributed by atoms with Gasteiger partial charge in [-0.1, -0.05) is 0 Å². The van der Waals surface area contributed by atoms with Crippen molar-refractivity contribution in [1.29, 1.82) is 0 Å². The molecule has 2 aromatic rings. The minimum absolute atomic E-state index is 0.0339. The van der Waals surface area contributed by atoms with Crippen LogP contribution in [0.5, 0.6) is 5.75 Å². The van der Waals surface area contributed by atoms with Crippen molar-refractivity contribution in [2.24, 2.45) is 14.1 Å². The number of rotatable bonds is 4. The Bertz CT molecular complexity index is 650. The summed E-state index contributed by atoms with van der Waals surface area (Å²) in [6.07, 6.45) is 7.64. The average Bonchev–Trinajstić information content (AvgIpc) is 3.16. The van der Waals surface area contributed by atoms with Crippen LogP contribution in [0.1, 0.15) is 19.3 Å². The van der Waals surface area contributed by atoms with Crippen LogP contribution in [-0.2, 0) is 14.1 Å². The fourth-order valence-electron chi connectivity index (χ4n) is 2.58. The lowest BCUT2D eigenvalue weighted by atomic mass is 10.2. The molecule has 1 saturated carbocycles. The Balaban J connectivity index is 1.56. The zero-order valence-corrected chi connectivity index (χ0v) is 12.6. The van der Waals surface area contributed by atoms with Gasteiger partial charge in [0.05, 0.1) is 18.4 Å². The Morgan fingerprint density at radius 3 is 2.91 bits per heavy atom. The van der Waals surface area contributed by atoms with Gasteiger partial charge in [-0.25, -0.2) is 9.48 Å². The third-order valence-electron chi connectivity index (χ3n) is 3.67. The molecule has 9 heteroatoms. The van der Waals surface area contributed by atoms with Crippen molar-refractivity contribution in [1.82, 2.24) is 29.9 Å². The summed E-state index contributed by atoms with van der Waals surface area (Å²) in [5, 5.41) is 13.6. The number of carbonyl (C=O) groups excluding carboxylic acids is 1. The first kappa shape index (κ1) is 14.4. The van der Waals surface area contributed by atoms with Crippen LogP contribution in [0.25, 0.3) is 0 Å². The molecule has 0 aliphatic heterocycles. The number of urea groups is 1. The Kier molecular flexibility index (Phi) is 3.94. The monoisotopic (exact) mass is 305 g/mol. The van der Waals surface area contributed by atoms with Gasteiger partial charge in [0.15, 0.2) is 5.75 Å². The minimum Gasteiger partial charge on any atom is -0.485 e. The molecule has 0 spiro atoms. The first-order chi connectivity index (χ1) is 10.6. The van der Waals surface area contributed by atoms with E-state index in [9.17, 15) is 4.79 Å². The highest BCUT2D eigenvalue weighted by Crippen LogP contribution is 2.24. The smallest absolute Gasteiger partial charge is 0.321 e. The minimum atomic E-state index is -0.303. The predicted molar refractivity (Wildman–Crippen MR) is 78.4 cm³/mol. The molecule has 0 bridgehead atoms. The summed E-state index contributed by atoms with van der Waals surface area (Å²) in [5.74, 6) is 1.12. The highest BCUT2D eigenvalue weighted by molar-refractivity contribution is 5.87. The van der Waals surface area contributed by atoms with Gasteiger partial charge in [0.2, 0.25) is 5.95 Å². The Labute approximate surface area is 127 Å². The number of amides is 2. The average molecular weight is 305 g/mol. The SMILES string of the molecule is Cn1cc(O[C@@H]2CCC[C@@H]2NC(=O)Nc2ncnn2C)cn1. The Hall–Kier alpha value is -2.58. The lowest BCUT2D eigenvalue weighted by Crippen LogP contribution is -2.44. The molecule has 22 heavy (non-hydrogen) atoms. The molecule has 1 fully saturated rings. The highest BCUT2D eigenvalue weighted by atomic mass is 16.5. The Morgan fingerprint density at radius 2 is 2.23 bits per heavy atom. The number of hydrogen-bond donors (Lipinski definition) is 2. The summed E-state index contributed by atoms with van der Waals surface area (Å²) in [6.45, 7) is 0. The molecule has 1 aliphatic carbocycles. The molecule has 1 aliphatic rings. The van der Waals surface area contributed by atoms with Crippen molar-refractivity contribution in [3.63, 3.8) is 0 Å². The van der Waals surface area contributed by atoms with E-state index in [0.29, 0.717) is 5.95 Å². The van der Waals surface area contributed by atoms with Crippen LogP contribution < -0.4 is 15.4 Å². The first-order valence-corrected chi connectivity index (χ1v) is 7.18. The molecular weight excluding hydrogens is 286 g/mol. The second-order valence-corrected chi connectivity index (χ2v) is 5.35. The van der Waals surface area contributed by atoms with Gasteiger partial charge >= 0.3 is 6.03 Å². The number of hydrogen-bond acceptors (Lipinski definition) is 5. The number of ether oxygens (including phenoxy) is 1. The number of anilines is 1. The third kappa shape index (κ3) is 3.18. The summed E-state index contributed by atoms with van der Waals surface area (Å²) >= 11 is 0. The van der Waals surface area contributed by atoms with Crippen molar-refractivity contribution in [3.8, 4) is 5.75 Å². The van der Waals surface area contributed by atoms with Gasteiger partial charge < -0.3 is 10.1 Å². The van der Waals surface area contributed by atoms with Crippen molar-refractivity contribution in [3.05, 3.63) is 18.7 Å². The molecule has 118 valence electrons. The second-order valence-electron chi connectivity index (χ2n) is 5.35. The van der Waals surface area contributed by atoms with Crippen molar-refractivity contribution in [2.45, 2.75) is 31.4 Å². The molecule has 2 heterocycles. The second kappa shape index (κ2) is 6.04. The lowest BCUT2D eigenvalue weighted by molar-refractivity contribution is 0.175. The van der Waals surface area contributed by atoms with Crippen LogP contribution in [-0.4, -0.2) is 42.7 Å². The molecule has 0 aromatic carbocycles. The van der Waals surface area contributed by atoms with Crippen LogP contribution in [0.15, 0.2) is 18.7 Å². The molecule has 2 aromatic heterocycles. The van der Waals surface area contributed by atoms with E-state index in [0.717, 1.165) is 25.0 Å². The maximum Gasteiger partial charge on any atom is 0.321 e. The fraction of sp³-hybridized carbons (Fsp3) is 0.538. The maximum absolute atomic E-state index is 12.0. The van der Waals surface area contributed by atoms with Gasteiger partial charge in [0.25, 0.3) is 0 Å². The van der Waals surface area contributed by atoms with Crippen molar-refractivity contribution in [2.75, 3.05) is 5.32 Å². The molecule has 0 saturated heterocycles. The third-order valence-corrected chi connectivity index (χ3v) is 3.67. The van der Waals surface area contributed by atoms with Crippen LogP contribution in [0.3, 0.4) is 0 Å². The molecule has 2 N–H and O–H groups in total. The lowest BCUT2D eigenvalue weighted by Gasteiger charge is -2.21. The quantitative estimate of drug-likeness (QED) is 0.865. The summed E-state index contributed by atoms with van der Waals surface area (Å²) < 4.78 is 9.10. The number of aromatic nitrogens is 5. The number of nitrogens with zero attached hydrogens (tertiary/aromatic N) is 5. The predicted octanol–water partition coefficient (Wildman–Crippen LogP) is 0.670. The highest BCUT2D eigenvalue weighted by Gasteiger charge is 2.30. The van der Waals surface area contributed by atoms with Crippen LogP contribution >= 0.6 is 0 Å². The van der Waals surface area contributed by atoms with Gasteiger partial charge in [-0.2, -0.15) is 15.2 Å². The van der Waals surface area contributed by atoms with Crippen LogP contribution in [0.2, 0.25) is 0 Å². The molecule has 0 radical (unpaired) electrons. The Morgan fingerprint density at radius 1 is 1.36 bits per heavy atom. The number of carbonyl (C=O) groups is 1. The zero-order chi connectivity index (χ0) is 15.5. The standard InChI is InChI=1S/C13H19N7O2/c1-19-7-9(6-15-19)22-11-5-3-4-10(11)17-13(21)18-12-14-8-16-20(12)2/h6-8,10-11H,3-5H2,1-2H3,(H2,14,16,17,18,21)/t10-,11+/m0/s1. The molecule has 2 atom stereocenters. The van der Waals surface area contributed by atoms with Crippen LogP contribution in [0, 0.1) is 0 Å². The molecule has 2 amide bonds. The largest absolute Gasteiger partial charge is 0.485 e. The fourth-order valence-corrected chi connectivity index (χ4v) is 2.58. The van der Waals surface area contributed by atoms with Gasteiger partial charge in [0.1, 0.15) is 12.4 Å². The summed E-state index contributed by atoms with van der Waals surface area (Å²) in [6, 6.07) is -0.337. The summed E-state index contributed by atoms with van der Waals surface area (Å²) in [4.78, 5) is 16.0. The van der Waals surface area contributed by atoms with Gasteiger partial charge in [-0.3, -0.25) is 10.00 Å². The summed E-state index contributed by atoms with van der Waals surface area (Å²) in [5.41, 5.74) is 0. The van der Waals surface area contributed by atoms with E-state index in [2.05, 4.69) is 25.8 Å². The van der Waals surface area contributed by atoms with E-state index in [4.69, 9.17) is 4.74 Å². The molecule has 3 rings (SSSR count). The number of aryl methyl sites for hydroxylation is 2. The molecule has 0 unspecified atom stereocenters. The van der Waals surface area contributed by atoms with Crippen molar-refractivity contribution < 1.29 is 9.53 Å². The topological polar surface area (TPSA) is 98.9 Å². The zero-order valence-electron chi connectivity index (χ0n) is 12.6. The van der Waals surface area contributed by atoms with Crippen LogP contribution in [0.4, 0.5) is 10.7 Å². The van der Waals surface area contributed by atoms with E-state index < -0.39 is 0 Å². The van der Waals surface area contributed by atoms with Crippen molar-refractivity contribution >= 4 is 12.0 Å². The van der Waals surface area contributed by atoms with E-state index in [1.807, 2.05) is 13.2 Å². The summed E-state index contributed by atoms with van der Waals surface area (Å²) in [7, 11) is 3.55. The van der Waals surface area contributed by atoms with E-state index in [-0.39, 0.29) is 18.2 Å². The molecular formula is C13H19N7O2. The normalized spacial score (nSPS) is 20.8. The van der Waals surface area contributed by atoms with E-state index in [1.54, 1.807) is 17.9 Å². The van der Waals surface area contributed by atoms with Gasteiger partial charge in [0, 0.05) is 14.1 Å². The van der Waals surface area contributed by atoms with E-state index in [1.165, 1.54) is 11.0 Å². The van der Waals surface area contributed by atoms with E-state index >= 15 is 0 Å². The van der Waals surface area contributed by atoms with Gasteiger partial charge in [-0.15, -0.1) is 0 Å². The first-order valence-electron chi connectivity index (χ1n) is 7.18. The van der Waals surface area contributed by atoms with Gasteiger partial charge in [-0.05, 0) is 19.3 Å².